The monoisotopic (exact) mass is 291 g/mol. The largest absolute Gasteiger partial charge is 0.481 e. The number of carboxylic acids is 1. The molecule has 110 valence electrons. The molecule has 0 aliphatic heterocycles. The number of aromatic nitrogens is 1. The Labute approximate surface area is 128 Å². The fourth-order valence-corrected chi connectivity index (χ4v) is 3.19. The van der Waals surface area contributed by atoms with Crippen molar-refractivity contribution < 1.29 is 9.90 Å². The van der Waals surface area contributed by atoms with Crippen molar-refractivity contribution in [1.29, 1.82) is 0 Å². The van der Waals surface area contributed by atoms with Crippen LogP contribution >= 0.6 is 0 Å². The molecule has 1 fully saturated rings. The molecule has 0 unspecified atom stereocenters. The van der Waals surface area contributed by atoms with E-state index in [9.17, 15) is 9.90 Å². The van der Waals surface area contributed by atoms with E-state index in [4.69, 9.17) is 0 Å². The molecule has 4 rings (SSSR count). The van der Waals surface area contributed by atoms with E-state index in [-0.39, 0.29) is 0 Å². The summed E-state index contributed by atoms with van der Waals surface area (Å²) in [4.78, 5) is 11.4. The number of carboxylic acid groups (broad SMARTS) is 1. The maximum absolute atomic E-state index is 11.4. The van der Waals surface area contributed by atoms with Gasteiger partial charge in [-0.25, -0.2) is 0 Å². The highest BCUT2D eigenvalue weighted by atomic mass is 16.4. The summed E-state index contributed by atoms with van der Waals surface area (Å²) in [7, 11) is 2.04. The van der Waals surface area contributed by atoms with E-state index in [1.54, 1.807) is 0 Å². The second kappa shape index (κ2) is 4.47. The molecule has 22 heavy (non-hydrogen) atoms. The summed E-state index contributed by atoms with van der Waals surface area (Å²) in [6, 6.07) is 16.5. The summed E-state index contributed by atoms with van der Waals surface area (Å²) < 4.78 is 2.10. The summed E-state index contributed by atoms with van der Waals surface area (Å²) in [6.07, 6.45) is 3.55. The lowest BCUT2D eigenvalue weighted by Gasteiger charge is -2.11. The number of carbonyl (C=O) groups is 1. The molecule has 3 nitrogen and oxygen atoms in total. The molecule has 3 aromatic rings. The van der Waals surface area contributed by atoms with Gasteiger partial charge in [-0.2, -0.15) is 0 Å². The van der Waals surface area contributed by atoms with Gasteiger partial charge in [0.1, 0.15) is 0 Å². The number of nitrogens with zero attached hydrogens (tertiary/aromatic N) is 1. The van der Waals surface area contributed by atoms with E-state index in [1.165, 1.54) is 10.9 Å². The topological polar surface area (TPSA) is 42.2 Å². The number of aryl methyl sites for hydroxylation is 1. The minimum Gasteiger partial charge on any atom is -0.481 e. The van der Waals surface area contributed by atoms with Crippen molar-refractivity contribution in [2.75, 3.05) is 0 Å². The van der Waals surface area contributed by atoms with Gasteiger partial charge in [0.25, 0.3) is 0 Å². The molecule has 0 bridgehead atoms. The molecule has 2 aromatic carbocycles. The molecule has 1 heterocycles. The van der Waals surface area contributed by atoms with Crippen LogP contribution in [0.15, 0.2) is 54.7 Å². The first-order valence-electron chi connectivity index (χ1n) is 7.50. The van der Waals surface area contributed by atoms with E-state index in [1.807, 2.05) is 31.3 Å². The average molecular weight is 291 g/mol. The van der Waals surface area contributed by atoms with Gasteiger partial charge in [0, 0.05) is 24.1 Å². The molecule has 1 N–H and O–H groups in total. The predicted octanol–water partition coefficient (Wildman–Crippen LogP) is 3.96. The van der Waals surface area contributed by atoms with E-state index in [0.29, 0.717) is 0 Å². The Kier molecular flexibility index (Phi) is 2.67. The molecular formula is C19H17NO2. The summed E-state index contributed by atoms with van der Waals surface area (Å²) in [5.74, 6) is -0.703. The highest BCUT2D eigenvalue weighted by Crippen LogP contribution is 2.48. The minimum atomic E-state index is -0.703. The first-order valence-corrected chi connectivity index (χ1v) is 7.50. The lowest BCUT2D eigenvalue weighted by molar-refractivity contribution is -0.140. The van der Waals surface area contributed by atoms with Crippen LogP contribution in [0.2, 0.25) is 0 Å². The van der Waals surface area contributed by atoms with Crippen LogP contribution in [0.3, 0.4) is 0 Å². The molecule has 3 heteroatoms. The van der Waals surface area contributed by atoms with Crippen molar-refractivity contribution >= 4 is 16.9 Å². The van der Waals surface area contributed by atoms with Gasteiger partial charge < -0.3 is 9.67 Å². The van der Waals surface area contributed by atoms with E-state index >= 15 is 0 Å². The Bertz CT molecular complexity index is 870. The fourth-order valence-electron chi connectivity index (χ4n) is 3.19. The molecule has 1 aliphatic carbocycles. The SMILES string of the molecule is Cn1ccc2cc(-c3ccc(C4(C(=O)O)CC4)cc3)ccc21. The van der Waals surface area contributed by atoms with Gasteiger partial charge >= 0.3 is 5.97 Å². The lowest BCUT2D eigenvalue weighted by atomic mass is 9.93. The van der Waals surface area contributed by atoms with Crippen LogP contribution in [0.25, 0.3) is 22.0 Å². The maximum atomic E-state index is 11.4. The van der Waals surface area contributed by atoms with Crippen LogP contribution in [-0.2, 0) is 17.3 Å². The normalized spacial score (nSPS) is 15.9. The standard InChI is InChI=1S/C19H17NO2/c1-20-11-8-15-12-14(4-7-17(15)20)13-2-5-16(6-3-13)19(9-10-19)18(21)22/h2-8,11-12H,9-10H2,1H3,(H,21,22). The summed E-state index contributed by atoms with van der Waals surface area (Å²) in [6.45, 7) is 0. The third-order valence-corrected chi connectivity index (χ3v) is 4.82. The third kappa shape index (κ3) is 1.86. The van der Waals surface area contributed by atoms with Crippen molar-refractivity contribution in [3.63, 3.8) is 0 Å². The molecule has 0 spiro atoms. The van der Waals surface area contributed by atoms with Crippen LogP contribution < -0.4 is 0 Å². The van der Waals surface area contributed by atoms with Crippen LogP contribution in [-0.4, -0.2) is 15.6 Å². The molecule has 1 aliphatic rings. The maximum Gasteiger partial charge on any atom is 0.314 e. The van der Waals surface area contributed by atoms with Crippen LogP contribution in [0, 0.1) is 0 Å². The van der Waals surface area contributed by atoms with E-state index < -0.39 is 11.4 Å². The third-order valence-electron chi connectivity index (χ3n) is 4.82. The van der Waals surface area contributed by atoms with E-state index in [2.05, 4.69) is 35.0 Å². The van der Waals surface area contributed by atoms with Gasteiger partial charge in [-0.05, 0) is 47.7 Å². The van der Waals surface area contributed by atoms with Gasteiger partial charge in [-0.3, -0.25) is 4.79 Å². The summed E-state index contributed by atoms with van der Waals surface area (Å²) >= 11 is 0. The second-order valence-corrected chi connectivity index (χ2v) is 6.16. The smallest absolute Gasteiger partial charge is 0.314 e. The minimum absolute atomic E-state index is 0.623. The zero-order valence-electron chi connectivity index (χ0n) is 12.4. The number of fused-ring (bicyclic) bond motifs is 1. The zero-order valence-corrected chi connectivity index (χ0v) is 12.4. The summed E-state index contributed by atoms with van der Waals surface area (Å²) in [5.41, 5.74) is 3.79. The van der Waals surface area contributed by atoms with Crippen LogP contribution in [0.4, 0.5) is 0 Å². The lowest BCUT2D eigenvalue weighted by Crippen LogP contribution is -2.19. The quantitative estimate of drug-likeness (QED) is 0.793. The molecular weight excluding hydrogens is 274 g/mol. The molecule has 1 aromatic heterocycles. The molecule has 0 amide bonds. The van der Waals surface area contributed by atoms with Crippen molar-refractivity contribution in [2.24, 2.45) is 7.05 Å². The average Bonchev–Trinajstić information content (AvgIpc) is 3.27. The molecule has 0 saturated heterocycles. The Morgan fingerprint density at radius 3 is 2.36 bits per heavy atom. The van der Waals surface area contributed by atoms with Crippen molar-refractivity contribution in [2.45, 2.75) is 18.3 Å². The first kappa shape index (κ1) is 13.1. The number of hydrogen-bond donors (Lipinski definition) is 1. The first-order chi connectivity index (χ1) is 10.6. The van der Waals surface area contributed by atoms with Crippen molar-refractivity contribution in [3.05, 3.63) is 60.3 Å². The Morgan fingerprint density at radius 2 is 1.73 bits per heavy atom. The fraction of sp³-hybridized carbons (Fsp3) is 0.211. The number of benzene rings is 2. The Morgan fingerprint density at radius 1 is 1.05 bits per heavy atom. The second-order valence-electron chi connectivity index (χ2n) is 6.16. The van der Waals surface area contributed by atoms with Gasteiger partial charge in [-0.15, -0.1) is 0 Å². The van der Waals surface area contributed by atoms with E-state index in [0.717, 1.165) is 29.5 Å². The number of rotatable bonds is 3. The summed E-state index contributed by atoms with van der Waals surface area (Å²) in [5, 5.41) is 10.6. The van der Waals surface area contributed by atoms with Crippen molar-refractivity contribution in [3.8, 4) is 11.1 Å². The van der Waals surface area contributed by atoms with Crippen LogP contribution in [0.1, 0.15) is 18.4 Å². The van der Waals surface area contributed by atoms with Gasteiger partial charge in [0.15, 0.2) is 0 Å². The number of hydrogen-bond acceptors (Lipinski definition) is 1. The molecule has 0 radical (unpaired) electrons. The van der Waals surface area contributed by atoms with Crippen molar-refractivity contribution in [1.82, 2.24) is 4.57 Å². The number of aliphatic carboxylic acids is 1. The van der Waals surface area contributed by atoms with Gasteiger partial charge in [0.2, 0.25) is 0 Å². The van der Waals surface area contributed by atoms with Crippen LogP contribution in [0.5, 0.6) is 0 Å². The van der Waals surface area contributed by atoms with Gasteiger partial charge in [-0.1, -0.05) is 30.3 Å². The Hall–Kier alpha value is -2.55. The van der Waals surface area contributed by atoms with Gasteiger partial charge in [0.05, 0.1) is 5.41 Å². The molecule has 1 saturated carbocycles. The predicted molar refractivity (Wildman–Crippen MR) is 86.9 cm³/mol. The Balaban J connectivity index is 1.71. The highest BCUT2D eigenvalue weighted by molar-refractivity contribution is 5.87. The zero-order chi connectivity index (χ0) is 15.3. The highest BCUT2D eigenvalue weighted by Gasteiger charge is 2.51. The molecule has 0 atom stereocenters.